The highest BCUT2D eigenvalue weighted by Crippen LogP contribution is 2.25. The van der Waals surface area contributed by atoms with E-state index in [-0.39, 0.29) is 11.8 Å². The molecule has 0 radical (unpaired) electrons. The Morgan fingerprint density at radius 2 is 1.86 bits per heavy atom. The fourth-order valence-electron chi connectivity index (χ4n) is 1.30. The average molecular weight is 196 g/mol. The van der Waals surface area contributed by atoms with Gasteiger partial charge in [-0.3, -0.25) is 0 Å². The van der Waals surface area contributed by atoms with Crippen LogP contribution >= 0.6 is 0 Å². The summed E-state index contributed by atoms with van der Waals surface area (Å²) >= 11 is 0. The molecule has 1 rings (SSSR count). The van der Waals surface area contributed by atoms with Gasteiger partial charge in [-0.15, -0.1) is 6.58 Å². The molecule has 0 spiro atoms. The van der Waals surface area contributed by atoms with Crippen LogP contribution < -0.4 is 0 Å². The molecule has 0 heterocycles. The van der Waals surface area contributed by atoms with E-state index in [0.717, 1.165) is 11.6 Å². The van der Waals surface area contributed by atoms with Crippen molar-refractivity contribution in [3.8, 4) is 0 Å². The third kappa shape index (κ3) is 2.19. The van der Waals surface area contributed by atoms with Gasteiger partial charge in [-0.05, 0) is 29.5 Å². The molecule has 0 saturated carbocycles. The van der Waals surface area contributed by atoms with Crippen LogP contribution in [0.15, 0.2) is 30.9 Å². The maximum atomic E-state index is 12.9. The zero-order valence-electron chi connectivity index (χ0n) is 8.43. The Bertz CT molecular complexity index is 331. The predicted octanol–water partition coefficient (Wildman–Crippen LogP) is 3.89. The molecule has 0 N–H and O–H groups in total. The Kier molecular flexibility index (Phi) is 3.39. The number of allylic oxidation sites excluding steroid dienone is 1. The topological polar surface area (TPSA) is 0 Å². The highest BCUT2D eigenvalue weighted by atomic mass is 19.2. The van der Waals surface area contributed by atoms with E-state index in [1.54, 1.807) is 6.07 Å². The summed E-state index contributed by atoms with van der Waals surface area (Å²) in [5.41, 5.74) is 0.802. The molecule has 0 bridgehead atoms. The molecule has 1 aromatic rings. The number of halogens is 2. The van der Waals surface area contributed by atoms with E-state index in [2.05, 4.69) is 6.58 Å². The van der Waals surface area contributed by atoms with Crippen LogP contribution in [0.25, 0.3) is 0 Å². The van der Waals surface area contributed by atoms with Gasteiger partial charge < -0.3 is 0 Å². The van der Waals surface area contributed by atoms with E-state index < -0.39 is 11.6 Å². The molecule has 2 atom stereocenters. The minimum Gasteiger partial charge on any atom is -0.204 e. The Labute approximate surface area is 83.3 Å². The van der Waals surface area contributed by atoms with Crippen molar-refractivity contribution in [3.63, 3.8) is 0 Å². The normalized spacial score (nSPS) is 14.9. The van der Waals surface area contributed by atoms with Crippen molar-refractivity contribution in [2.24, 2.45) is 5.92 Å². The summed E-state index contributed by atoms with van der Waals surface area (Å²) in [6, 6.07) is 4.03. The predicted molar refractivity (Wildman–Crippen MR) is 54.1 cm³/mol. The Hall–Kier alpha value is -1.18. The van der Waals surface area contributed by atoms with Crippen molar-refractivity contribution in [1.29, 1.82) is 0 Å². The van der Waals surface area contributed by atoms with E-state index in [1.165, 1.54) is 6.07 Å². The summed E-state index contributed by atoms with van der Waals surface area (Å²) in [6.07, 6.45) is 1.81. The van der Waals surface area contributed by atoms with E-state index in [9.17, 15) is 8.78 Å². The summed E-state index contributed by atoms with van der Waals surface area (Å²) < 4.78 is 25.6. The van der Waals surface area contributed by atoms with Crippen molar-refractivity contribution >= 4 is 0 Å². The third-order valence-electron chi connectivity index (χ3n) is 2.63. The molecule has 0 saturated heterocycles. The molecule has 0 aromatic heterocycles. The van der Waals surface area contributed by atoms with E-state index in [4.69, 9.17) is 0 Å². The summed E-state index contributed by atoms with van der Waals surface area (Å²) in [4.78, 5) is 0. The van der Waals surface area contributed by atoms with E-state index >= 15 is 0 Å². The second-order valence-electron chi connectivity index (χ2n) is 3.56. The fourth-order valence-corrected chi connectivity index (χ4v) is 1.30. The van der Waals surface area contributed by atoms with Crippen molar-refractivity contribution in [2.75, 3.05) is 0 Å². The lowest BCUT2D eigenvalue weighted by atomic mass is 9.89. The monoisotopic (exact) mass is 196 g/mol. The molecule has 0 nitrogen and oxygen atoms in total. The Balaban J connectivity index is 2.96. The number of hydrogen-bond donors (Lipinski definition) is 0. The molecule has 2 unspecified atom stereocenters. The van der Waals surface area contributed by atoms with Crippen LogP contribution in [0.1, 0.15) is 25.3 Å². The first-order chi connectivity index (χ1) is 6.56. The van der Waals surface area contributed by atoms with Crippen molar-refractivity contribution in [1.82, 2.24) is 0 Å². The van der Waals surface area contributed by atoms with Gasteiger partial charge in [0.2, 0.25) is 0 Å². The smallest absolute Gasteiger partial charge is 0.159 e. The zero-order valence-corrected chi connectivity index (χ0v) is 8.43. The highest BCUT2D eigenvalue weighted by molar-refractivity contribution is 5.22. The average Bonchev–Trinajstić information content (AvgIpc) is 2.20. The molecule has 1 aromatic carbocycles. The van der Waals surface area contributed by atoms with Crippen LogP contribution in [-0.2, 0) is 0 Å². The highest BCUT2D eigenvalue weighted by Gasteiger charge is 2.13. The van der Waals surface area contributed by atoms with Crippen LogP contribution in [-0.4, -0.2) is 0 Å². The van der Waals surface area contributed by atoms with E-state index in [1.807, 2.05) is 19.9 Å². The molecular formula is C12H14F2. The summed E-state index contributed by atoms with van der Waals surface area (Å²) in [6.45, 7) is 7.65. The second kappa shape index (κ2) is 4.36. The van der Waals surface area contributed by atoms with Crippen LogP contribution in [0.4, 0.5) is 8.78 Å². The van der Waals surface area contributed by atoms with Crippen molar-refractivity contribution in [2.45, 2.75) is 19.8 Å². The summed E-state index contributed by atoms with van der Waals surface area (Å²) in [5, 5.41) is 0. The molecule has 0 aliphatic rings. The largest absolute Gasteiger partial charge is 0.204 e. The molecule has 2 heteroatoms. The quantitative estimate of drug-likeness (QED) is 0.643. The van der Waals surface area contributed by atoms with Gasteiger partial charge in [0.15, 0.2) is 11.6 Å². The number of hydrogen-bond acceptors (Lipinski definition) is 0. The lowest BCUT2D eigenvalue weighted by Gasteiger charge is -2.16. The molecule has 0 aliphatic carbocycles. The fraction of sp³-hybridized carbons (Fsp3) is 0.333. The first-order valence-corrected chi connectivity index (χ1v) is 4.63. The summed E-state index contributed by atoms with van der Waals surface area (Å²) in [5.74, 6) is -1.18. The van der Waals surface area contributed by atoms with Gasteiger partial charge in [0, 0.05) is 0 Å². The first kappa shape index (κ1) is 10.9. The third-order valence-corrected chi connectivity index (χ3v) is 2.63. The van der Waals surface area contributed by atoms with Crippen molar-refractivity contribution in [3.05, 3.63) is 48.1 Å². The first-order valence-electron chi connectivity index (χ1n) is 4.63. The van der Waals surface area contributed by atoms with Gasteiger partial charge in [-0.2, -0.15) is 0 Å². The van der Waals surface area contributed by atoms with Crippen LogP contribution in [0, 0.1) is 17.6 Å². The van der Waals surface area contributed by atoms with Gasteiger partial charge in [0.25, 0.3) is 0 Å². The van der Waals surface area contributed by atoms with Crippen molar-refractivity contribution < 1.29 is 8.78 Å². The molecule has 0 fully saturated rings. The van der Waals surface area contributed by atoms with E-state index in [0.29, 0.717) is 0 Å². The molecule has 14 heavy (non-hydrogen) atoms. The van der Waals surface area contributed by atoms with Gasteiger partial charge in [0.05, 0.1) is 0 Å². The standard InChI is InChI=1S/C12H14F2/c1-4-8(2)9(3)10-5-6-11(13)12(14)7-10/h4-9H,1H2,2-3H3. The molecule has 0 amide bonds. The minimum atomic E-state index is -0.799. The number of rotatable bonds is 3. The Morgan fingerprint density at radius 3 is 2.36 bits per heavy atom. The minimum absolute atomic E-state index is 0.155. The molecular weight excluding hydrogens is 182 g/mol. The summed E-state index contributed by atoms with van der Waals surface area (Å²) in [7, 11) is 0. The van der Waals surface area contributed by atoms with Gasteiger partial charge in [-0.1, -0.05) is 26.0 Å². The lowest BCUT2D eigenvalue weighted by molar-refractivity contribution is 0.501. The lowest BCUT2D eigenvalue weighted by Crippen LogP contribution is -2.03. The zero-order chi connectivity index (χ0) is 10.7. The van der Waals surface area contributed by atoms with Crippen LogP contribution in [0.2, 0.25) is 0 Å². The maximum absolute atomic E-state index is 12.9. The molecule has 76 valence electrons. The second-order valence-corrected chi connectivity index (χ2v) is 3.56. The number of benzene rings is 1. The Morgan fingerprint density at radius 1 is 1.21 bits per heavy atom. The molecule has 0 aliphatic heterocycles. The SMILES string of the molecule is C=CC(C)C(C)c1ccc(F)c(F)c1. The van der Waals surface area contributed by atoms with Gasteiger partial charge in [0.1, 0.15) is 0 Å². The maximum Gasteiger partial charge on any atom is 0.159 e. The van der Waals surface area contributed by atoms with Crippen LogP contribution in [0.5, 0.6) is 0 Å². The van der Waals surface area contributed by atoms with Gasteiger partial charge in [-0.25, -0.2) is 8.78 Å². The van der Waals surface area contributed by atoms with Gasteiger partial charge >= 0.3 is 0 Å². The van der Waals surface area contributed by atoms with Crippen LogP contribution in [0.3, 0.4) is 0 Å².